The molecule has 0 spiro atoms. The van der Waals surface area contributed by atoms with Crippen LogP contribution in [0.4, 0.5) is 0 Å². The van der Waals surface area contributed by atoms with Crippen LogP contribution >= 0.6 is 11.8 Å². The Labute approximate surface area is 117 Å². The van der Waals surface area contributed by atoms with E-state index < -0.39 is 0 Å². The largest absolute Gasteiger partial charge is 0.353 e. The van der Waals surface area contributed by atoms with Gasteiger partial charge in [0.15, 0.2) is 5.17 Å². The van der Waals surface area contributed by atoms with Crippen molar-refractivity contribution in [2.75, 3.05) is 20.1 Å². The maximum Gasteiger partial charge on any atom is 0.244 e. The lowest BCUT2D eigenvalue weighted by Crippen LogP contribution is -2.39. The molecule has 2 atom stereocenters. The van der Waals surface area contributed by atoms with E-state index in [1.165, 1.54) is 5.56 Å². The lowest BCUT2D eigenvalue weighted by molar-refractivity contribution is -0.127. The summed E-state index contributed by atoms with van der Waals surface area (Å²) in [4.78, 5) is 18.1. The minimum absolute atomic E-state index is 0.0919. The Hall–Kier alpha value is -1.49. The van der Waals surface area contributed by atoms with E-state index in [1.54, 1.807) is 16.7 Å². The third kappa shape index (κ3) is 2.61. The molecule has 0 saturated carbocycles. The number of nitrogens with one attached hydrogen (secondary N) is 1. The molecule has 2 aliphatic rings. The van der Waals surface area contributed by atoms with E-state index in [0.717, 1.165) is 24.7 Å². The van der Waals surface area contributed by atoms with Crippen molar-refractivity contribution < 1.29 is 4.79 Å². The van der Waals surface area contributed by atoms with Crippen molar-refractivity contribution in [3.8, 4) is 0 Å². The third-order valence-corrected chi connectivity index (χ3v) is 4.73. The van der Waals surface area contributed by atoms with Gasteiger partial charge in [-0.3, -0.25) is 9.79 Å². The van der Waals surface area contributed by atoms with Crippen molar-refractivity contribution in [3.05, 3.63) is 35.9 Å². The first-order valence-electron chi connectivity index (χ1n) is 6.51. The Kier molecular flexibility index (Phi) is 3.46. The third-order valence-electron chi connectivity index (χ3n) is 3.55. The number of thioether (sulfide) groups is 1. The van der Waals surface area contributed by atoms with Crippen LogP contribution in [-0.4, -0.2) is 42.2 Å². The summed E-state index contributed by atoms with van der Waals surface area (Å²) in [5, 5.41) is 4.56. The highest BCUT2D eigenvalue weighted by atomic mass is 32.2. The van der Waals surface area contributed by atoms with Crippen molar-refractivity contribution >= 4 is 22.8 Å². The molecule has 0 radical (unpaired) electrons. The summed E-state index contributed by atoms with van der Waals surface area (Å²) in [6.07, 6.45) is 0.866. The molecule has 2 heterocycles. The number of likely N-dealkylation sites (N-methyl/N-ethyl adjacent to an activating group) is 1. The van der Waals surface area contributed by atoms with Gasteiger partial charge < -0.3 is 10.2 Å². The molecule has 0 aliphatic carbocycles. The number of aliphatic imine (C=N–C) groups is 1. The van der Waals surface area contributed by atoms with E-state index in [2.05, 4.69) is 34.6 Å². The zero-order valence-corrected chi connectivity index (χ0v) is 11.7. The van der Waals surface area contributed by atoms with Gasteiger partial charge in [0.1, 0.15) is 6.04 Å². The Bertz CT molecular complexity index is 503. The van der Waals surface area contributed by atoms with Crippen LogP contribution in [0.1, 0.15) is 17.2 Å². The van der Waals surface area contributed by atoms with E-state index in [9.17, 15) is 4.79 Å². The van der Waals surface area contributed by atoms with Crippen molar-refractivity contribution in [1.29, 1.82) is 0 Å². The number of rotatable bonds is 2. The number of hydrogen-bond donors (Lipinski definition) is 1. The molecule has 2 aliphatic heterocycles. The van der Waals surface area contributed by atoms with Gasteiger partial charge in [-0.2, -0.15) is 0 Å². The Balaban J connectivity index is 1.59. The van der Waals surface area contributed by atoms with Gasteiger partial charge in [-0.1, -0.05) is 42.1 Å². The molecule has 100 valence electrons. The summed E-state index contributed by atoms with van der Waals surface area (Å²) >= 11 is 1.72. The summed E-state index contributed by atoms with van der Waals surface area (Å²) in [5.41, 5.74) is 1.29. The molecule has 1 amide bonds. The van der Waals surface area contributed by atoms with Crippen LogP contribution in [0.15, 0.2) is 35.3 Å². The fourth-order valence-corrected chi connectivity index (χ4v) is 3.47. The minimum Gasteiger partial charge on any atom is -0.353 e. The van der Waals surface area contributed by atoms with Gasteiger partial charge in [-0.15, -0.1) is 0 Å². The monoisotopic (exact) mass is 275 g/mol. The Morgan fingerprint density at radius 2 is 2.16 bits per heavy atom. The van der Waals surface area contributed by atoms with Gasteiger partial charge in [0.05, 0.1) is 11.8 Å². The normalized spacial score (nSPS) is 26.7. The Morgan fingerprint density at radius 1 is 1.37 bits per heavy atom. The maximum absolute atomic E-state index is 11.8. The van der Waals surface area contributed by atoms with Gasteiger partial charge in [0, 0.05) is 13.6 Å². The fourth-order valence-electron chi connectivity index (χ4n) is 2.40. The maximum atomic E-state index is 11.8. The van der Waals surface area contributed by atoms with Crippen molar-refractivity contribution in [2.24, 2.45) is 4.99 Å². The second-order valence-corrected chi connectivity index (χ2v) is 6.10. The second kappa shape index (κ2) is 5.25. The van der Waals surface area contributed by atoms with Gasteiger partial charge in [0.25, 0.3) is 0 Å². The Morgan fingerprint density at radius 3 is 2.84 bits per heavy atom. The number of carbonyl (C=O) groups is 1. The van der Waals surface area contributed by atoms with Crippen LogP contribution in [0.25, 0.3) is 0 Å². The number of amidine groups is 1. The molecule has 1 saturated heterocycles. The second-order valence-electron chi connectivity index (χ2n) is 4.91. The highest BCUT2D eigenvalue weighted by Crippen LogP contribution is 2.34. The van der Waals surface area contributed by atoms with Crippen LogP contribution in [0.5, 0.6) is 0 Å². The SMILES string of the molecule is CN1CCC(NC2=NCC(c3ccccc3)S2)C1=O. The van der Waals surface area contributed by atoms with Gasteiger partial charge in [-0.05, 0) is 12.0 Å². The van der Waals surface area contributed by atoms with E-state index in [0.29, 0.717) is 5.25 Å². The van der Waals surface area contributed by atoms with Crippen molar-refractivity contribution in [2.45, 2.75) is 17.7 Å². The number of nitrogens with zero attached hydrogens (tertiary/aromatic N) is 2. The van der Waals surface area contributed by atoms with E-state index in [-0.39, 0.29) is 11.9 Å². The van der Waals surface area contributed by atoms with Crippen LogP contribution in [-0.2, 0) is 4.79 Å². The first-order chi connectivity index (χ1) is 9.24. The first kappa shape index (κ1) is 12.5. The number of amides is 1. The van der Waals surface area contributed by atoms with Gasteiger partial charge in [0.2, 0.25) is 5.91 Å². The zero-order chi connectivity index (χ0) is 13.2. The molecule has 1 fully saturated rings. The van der Waals surface area contributed by atoms with Gasteiger partial charge in [-0.25, -0.2) is 0 Å². The van der Waals surface area contributed by atoms with Gasteiger partial charge >= 0.3 is 0 Å². The predicted molar refractivity (Wildman–Crippen MR) is 78.3 cm³/mol. The molecular formula is C14H17N3OS. The average molecular weight is 275 g/mol. The van der Waals surface area contributed by atoms with E-state index in [4.69, 9.17) is 0 Å². The summed E-state index contributed by atoms with van der Waals surface area (Å²) in [6, 6.07) is 10.3. The quantitative estimate of drug-likeness (QED) is 0.892. The highest BCUT2D eigenvalue weighted by Gasteiger charge is 2.31. The molecule has 1 N–H and O–H groups in total. The smallest absolute Gasteiger partial charge is 0.244 e. The zero-order valence-electron chi connectivity index (χ0n) is 10.9. The van der Waals surface area contributed by atoms with E-state index >= 15 is 0 Å². The van der Waals surface area contributed by atoms with Crippen LogP contribution in [0, 0.1) is 0 Å². The molecule has 0 aromatic heterocycles. The molecular weight excluding hydrogens is 258 g/mol. The number of carbonyl (C=O) groups excluding carboxylic acids is 1. The van der Waals surface area contributed by atoms with Crippen LogP contribution in [0.3, 0.4) is 0 Å². The molecule has 1 aromatic rings. The van der Waals surface area contributed by atoms with Crippen molar-refractivity contribution in [3.63, 3.8) is 0 Å². The molecule has 5 heteroatoms. The summed E-state index contributed by atoms with van der Waals surface area (Å²) in [5.74, 6) is 0.173. The highest BCUT2D eigenvalue weighted by molar-refractivity contribution is 8.14. The fraction of sp³-hybridized carbons (Fsp3) is 0.429. The molecule has 1 aromatic carbocycles. The first-order valence-corrected chi connectivity index (χ1v) is 7.39. The molecule has 4 nitrogen and oxygen atoms in total. The van der Waals surface area contributed by atoms with E-state index in [1.807, 2.05) is 13.1 Å². The number of likely N-dealkylation sites (tertiary alicyclic amines) is 1. The van der Waals surface area contributed by atoms with Crippen molar-refractivity contribution in [1.82, 2.24) is 10.2 Å². The topological polar surface area (TPSA) is 44.7 Å². The number of hydrogen-bond acceptors (Lipinski definition) is 4. The van der Waals surface area contributed by atoms with Crippen LogP contribution < -0.4 is 5.32 Å². The minimum atomic E-state index is -0.0919. The molecule has 19 heavy (non-hydrogen) atoms. The lowest BCUT2D eigenvalue weighted by Gasteiger charge is -2.13. The average Bonchev–Trinajstić information content (AvgIpc) is 3.02. The standard InChI is InChI=1S/C14H17N3OS/c1-17-8-7-11(13(17)18)16-14-15-9-12(19-14)10-5-3-2-4-6-10/h2-6,11-12H,7-9H2,1H3,(H,15,16). The summed E-state index contributed by atoms with van der Waals surface area (Å²) in [6.45, 7) is 1.62. The molecule has 0 bridgehead atoms. The lowest BCUT2D eigenvalue weighted by atomic mass is 10.1. The molecule has 3 rings (SSSR count). The molecule has 2 unspecified atom stereocenters. The summed E-state index contributed by atoms with van der Waals surface area (Å²) in [7, 11) is 1.85. The van der Waals surface area contributed by atoms with Crippen LogP contribution in [0.2, 0.25) is 0 Å². The predicted octanol–water partition coefficient (Wildman–Crippen LogP) is 1.65. The summed E-state index contributed by atoms with van der Waals surface area (Å²) < 4.78 is 0. The number of benzene rings is 1.